The van der Waals surface area contributed by atoms with Crippen molar-refractivity contribution in [1.82, 2.24) is 9.88 Å². The van der Waals surface area contributed by atoms with Gasteiger partial charge in [0.2, 0.25) is 0 Å². The number of nitrogens with zero attached hydrogens (tertiary/aromatic N) is 2. The van der Waals surface area contributed by atoms with Crippen LogP contribution in [0.15, 0.2) is 18.3 Å². The first-order valence-corrected chi connectivity index (χ1v) is 7.38. The molecule has 1 aromatic rings. The first-order chi connectivity index (χ1) is 9.77. The molecule has 110 valence electrons. The summed E-state index contributed by atoms with van der Waals surface area (Å²) in [6.45, 7) is 3.44. The molecule has 1 unspecified atom stereocenters. The standard InChI is InChI=1S/C15H23N3O2/c1-2-16-14-13(8-6-9-17-14)15(20)18-10-5-3-4-7-12(18)11-19/h6,8-9,12,19H,2-5,7,10-11H2,1H3,(H,16,17). The molecule has 0 bridgehead atoms. The number of hydrogen-bond donors (Lipinski definition) is 2. The van der Waals surface area contributed by atoms with Gasteiger partial charge in [-0.05, 0) is 31.9 Å². The van der Waals surface area contributed by atoms with Crippen molar-refractivity contribution in [3.05, 3.63) is 23.9 Å². The Morgan fingerprint density at radius 1 is 1.50 bits per heavy atom. The minimum absolute atomic E-state index is 0.0303. The van der Waals surface area contributed by atoms with Gasteiger partial charge in [0.05, 0.1) is 18.2 Å². The number of aromatic nitrogens is 1. The molecule has 0 aromatic carbocycles. The van der Waals surface area contributed by atoms with Crippen molar-refractivity contribution >= 4 is 11.7 Å². The van der Waals surface area contributed by atoms with Crippen LogP contribution in [0, 0.1) is 0 Å². The first-order valence-electron chi connectivity index (χ1n) is 7.38. The van der Waals surface area contributed by atoms with E-state index in [0.29, 0.717) is 17.9 Å². The van der Waals surface area contributed by atoms with Crippen molar-refractivity contribution < 1.29 is 9.90 Å². The average Bonchev–Trinajstić information content (AvgIpc) is 2.72. The lowest BCUT2D eigenvalue weighted by atomic mass is 10.1. The maximum Gasteiger partial charge on any atom is 0.257 e. The molecule has 20 heavy (non-hydrogen) atoms. The van der Waals surface area contributed by atoms with E-state index in [1.807, 2.05) is 11.8 Å². The Morgan fingerprint density at radius 2 is 2.35 bits per heavy atom. The minimum Gasteiger partial charge on any atom is -0.394 e. The van der Waals surface area contributed by atoms with E-state index in [1.165, 1.54) is 0 Å². The van der Waals surface area contributed by atoms with E-state index in [1.54, 1.807) is 18.3 Å². The van der Waals surface area contributed by atoms with Crippen molar-refractivity contribution in [2.24, 2.45) is 0 Å². The van der Waals surface area contributed by atoms with E-state index in [0.717, 1.165) is 32.2 Å². The Labute approximate surface area is 120 Å². The number of carbonyl (C=O) groups excluding carboxylic acids is 1. The van der Waals surface area contributed by atoms with Gasteiger partial charge in [-0.15, -0.1) is 0 Å². The van der Waals surface area contributed by atoms with Gasteiger partial charge >= 0.3 is 0 Å². The summed E-state index contributed by atoms with van der Waals surface area (Å²) in [4.78, 5) is 18.8. The van der Waals surface area contributed by atoms with Crippen LogP contribution in [0.5, 0.6) is 0 Å². The molecule has 5 nitrogen and oxygen atoms in total. The van der Waals surface area contributed by atoms with Gasteiger partial charge in [-0.3, -0.25) is 4.79 Å². The Kier molecular flexibility index (Phi) is 5.35. The van der Waals surface area contributed by atoms with Crippen LogP contribution in [0.3, 0.4) is 0 Å². The molecule has 1 saturated heterocycles. The Morgan fingerprint density at radius 3 is 3.10 bits per heavy atom. The third-order valence-electron chi connectivity index (χ3n) is 3.73. The van der Waals surface area contributed by atoms with E-state index < -0.39 is 0 Å². The van der Waals surface area contributed by atoms with Crippen molar-refractivity contribution in [2.45, 2.75) is 38.6 Å². The molecule has 0 aliphatic carbocycles. The molecule has 1 amide bonds. The van der Waals surface area contributed by atoms with E-state index >= 15 is 0 Å². The zero-order valence-corrected chi connectivity index (χ0v) is 12.0. The summed E-state index contributed by atoms with van der Waals surface area (Å²) in [6.07, 6.45) is 5.74. The van der Waals surface area contributed by atoms with Crippen LogP contribution >= 0.6 is 0 Å². The number of carbonyl (C=O) groups is 1. The third-order valence-corrected chi connectivity index (χ3v) is 3.73. The Bertz CT molecular complexity index is 450. The summed E-state index contributed by atoms with van der Waals surface area (Å²) >= 11 is 0. The molecule has 5 heteroatoms. The number of likely N-dealkylation sites (tertiary alicyclic amines) is 1. The number of rotatable bonds is 4. The van der Waals surface area contributed by atoms with Gasteiger partial charge in [0, 0.05) is 19.3 Å². The molecular formula is C15H23N3O2. The topological polar surface area (TPSA) is 65.5 Å². The fourth-order valence-electron chi connectivity index (χ4n) is 2.68. The van der Waals surface area contributed by atoms with Gasteiger partial charge < -0.3 is 15.3 Å². The summed E-state index contributed by atoms with van der Waals surface area (Å²) in [7, 11) is 0. The van der Waals surface area contributed by atoms with Crippen molar-refractivity contribution in [2.75, 3.05) is 25.0 Å². The smallest absolute Gasteiger partial charge is 0.257 e. The molecule has 1 aromatic heterocycles. The van der Waals surface area contributed by atoms with E-state index in [-0.39, 0.29) is 18.6 Å². The van der Waals surface area contributed by atoms with Gasteiger partial charge in [-0.1, -0.05) is 12.8 Å². The van der Waals surface area contributed by atoms with Gasteiger partial charge in [-0.2, -0.15) is 0 Å². The van der Waals surface area contributed by atoms with Gasteiger partial charge in [0.25, 0.3) is 5.91 Å². The summed E-state index contributed by atoms with van der Waals surface area (Å²) in [5.41, 5.74) is 0.592. The maximum atomic E-state index is 12.8. The normalized spacial score (nSPS) is 19.5. The Hall–Kier alpha value is -1.62. The van der Waals surface area contributed by atoms with Crippen LogP contribution in [-0.2, 0) is 0 Å². The van der Waals surface area contributed by atoms with Crippen molar-refractivity contribution in [1.29, 1.82) is 0 Å². The lowest BCUT2D eigenvalue weighted by Crippen LogP contribution is -2.42. The molecule has 0 saturated carbocycles. The molecule has 1 aliphatic heterocycles. The quantitative estimate of drug-likeness (QED) is 0.882. The number of hydrogen-bond acceptors (Lipinski definition) is 4. The monoisotopic (exact) mass is 277 g/mol. The molecular weight excluding hydrogens is 254 g/mol. The highest BCUT2D eigenvalue weighted by Gasteiger charge is 2.27. The molecule has 1 atom stereocenters. The second-order valence-corrected chi connectivity index (χ2v) is 5.11. The van der Waals surface area contributed by atoms with Gasteiger partial charge in [-0.25, -0.2) is 4.98 Å². The fraction of sp³-hybridized carbons (Fsp3) is 0.600. The number of amides is 1. The molecule has 2 heterocycles. The average molecular weight is 277 g/mol. The molecule has 2 rings (SSSR count). The highest BCUT2D eigenvalue weighted by molar-refractivity contribution is 5.98. The van der Waals surface area contributed by atoms with Crippen molar-refractivity contribution in [3.63, 3.8) is 0 Å². The first kappa shape index (κ1) is 14.8. The fourth-order valence-corrected chi connectivity index (χ4v) is 2.68. The van der Waals surface area contributed by atoms with Crippen LogP contribution in [0.2, 0.25) is 0 Å². The van der Waals surface area contributed by atoms with Crippen LogP contribution in [0.25, 0.3) is 0 Å². The highest BCUT2D eigenvalue weighted by atomic mass is 16.3. The number of anilines is 1. The summed E-state index contributed by atoms with van der Waals surface area (Å²) in [6, 6.07) is 3.51. The largest absolute Gasteiger partial charge is 0.394 e. The summed E-state index contributed by atoms with van der Waals surface area (Å²) in [5, 5.41) is 12.7. The number of aliphatic hydroxyl groups is 1. The summed E-state index contributed by atoms with van der Waals surface area (Å²) < 4.78 is 0. The maximum absolute atomic E-state index is 12.8. The van der Waals surface area contributed by atoms with Gasteiger partial charge in [0.1, 0.15) is 5.82 Å². The molecule has 2 N–H and O–H groups in total. The predicted molar refractivity (Wildman–Crippen MR) is 78.8 cm³/mol. The van der Waals surface area contributed by atoms with Crippen LogP contribution in [0.1, 0.15) is 43.0 Å². The summed E-state index contributed by atoms with van der Waals surface area (Å²) in [5.74, 6) is 0.593. The van der Waals surface area contributed by atoms with Crippen LogP contribution in [0.4, 0.5) is 5.82 Å². The SMILES string of the molecule is CCNc1ncccc1C(=O)N1CCCCCC1CO. The number of aliphatic hydroxyl groups excluding tert-OH is 1. The molecule has 1 aliphatic rings. The second-order valence-electron chi connectivity index (χ2n) is 5.11. The molecule has 0 radical (unpaired) electrons. The van der Waals surface area contributed by atoms with Gasteiger partial charge in [0.15, 0.2) is 0 Å². The Balaban J connectivity index is 2.24. The van der Waals surface area contributed by atoms with E-state index in [2.05, 4.69) is 10.3 Å². The van der Waals surface area contributed by atoms with E-state index in [9.17, 15) is 9.90 Å². The zero-order chi connectivity index (χ0) is 14.4. The van der Waals surface area contributed by atoms with Crippen LogP contribution in [-0.4, -0.2) is 46.6 Å². The lowest BCUT2D eigenvalue weighted by Gasteiger charge is -2.29. The van der Waals surface area contributed by atoms with E-state index in [4.69, 9.17) is 0 Å². The zero-order valence-electron chi connectivity index (χ0n) is 12.0. The third kappa shape index (κ3) is 3.28. The molecule has 0 spiro atoms. The molecule has 1 fully saturated rings. The van der Waals surface area contributed by atoms with Crippen molar-refractivity contribution in [3.8, 4) is 0 Å². The highest BCUT2D eigenvalue weighted by Crippen LogP contribution is 2.21. The number of nitrogens with one attached hydrogen (secondary N) is 1. The number of pyridine rings is 1. The second kappa shape index (κ2) is 7.24. The van der Waals surface area contributed by atoms with Crippen LogP contribution < -0.4 is 5.32 Å². The minimum atomic E-state index is -0.0697. The predicted octanol–water partition coefficient (Wildman–Crippen LogP) is 1.89. The lowest BCUT2D eigenvalue weighted by molar-refractivity contribution is 0.0600.